The van der Waals surface area contributed by atoms with Crippen LogP contribution in [0.4, 0.5) is 0 Å². The number of amides is 1. The van der Waals surface area contributed by atoms with E-state index in [0.29, 0.717) is 18.7 Å². The van der Waals surface area contributed by atoms with Gasteiger partial charge in [0.15, 0.2) is 0 Å². The highest BCUT2D eigenvalue weighted by Crippen LogP contribution is 2.25. The summed E-state index contributed by atoms with van der Waals surface area (Å²) in [6.07, 6.45) is 0. The molecular weight excluding hydrogens is 290 g/mol. The van der Waals surface area contributed by atoms with Crippen molar-refractivity contribution in [2.24, 2.45) is 7.05 Å². The first-order valence-corrected chi connectivity index (χ1v) is 8.25. The van der Waals surface area contributed by atoms with Gasteiger partial charge in [-0.1, -0.05) is 18.2 Å². The molecule has 3 rings (SSSR count). The molecule has 5 heteroatoms. The number of carbonyl (C=O) groups excluding carboxylic acids is 2. The summed E-state index contributed by atoms with van der Waals surface area (Å²) in [6, 6.07) is 7.76. The Bertz CT molecular complexity index is 755. The number of quaternary nitrogens is 1. The zero-order chi connectivity index (χ0) is 16.6. The number of hydrogen-bond donors (Lipinski definition) is 1. The zero-order valence-electron chi connectivity index (χ0n) is 14.1. The zero-order valence-corrected chi connectivity index (χ0v) is 14.1. The lowest BCUT2D eigenvalue weighted by Crippen LogP contribution is -3.14. The summed E-state index contributed by atoms with van der Waals surface area (Å²) in [5, 5.41) is 0.865. The average molecular weight is 314 g/mol. The molecule has 1 aliphatic heterocycles. The number of fused-ring (bicyclic) bond motifs is 1. The second-order valence-electron chi connectivity index (χ2n) is 6.26. The van der Waals surface area contributed by atoms with Crippen LogP contribution >= 0.6 is 0 Å². The molecule has 122 valence electrons. The van der Waals surface area contributed by atoms with Crippen LogP contribution in [0.3, 0.4) is 0 Å². The number of rotatable bonds is 3. The third-order valence-corrected chi connectivity index (χ3v) is 5.08. The van der Waals surface area contributed by atoms with Crippen molar-refractivity contribution in [3.63, 3.8) is 0 Å². The van der Waals surface area contributed by atoms with E-state index in [2.05, 4.69) is 6.92 Å². The SMILES string of the molecule is CC[NH+]1CCN(C(=O)C(=O)c2c(C)n(C)c3ccccc23)CC1. The first-order valence-electron chi connectivity index (χ1n) is 8.25. The van der Waals surface area contributed by atoms with Gasteiger partial charge in [-0.2, -0.15) is 0 Å². The van der Waals surface area contributed by atoms with Crippen molar-refractivity contribution in [3.05, 3.63) is 35.5 Å². The Balaban J connectivity index is 1.89. The minimum Gasteiger partial charge on any atom is -0.347 e. The molecule has 2 heterocycles. The smallest absolute Gasteiger partial charge is 0.295 e. The predicted molar refractivity (Wildman–Crippen MR) is 89.8 cm³/mol. The fraction of sp³-hybridized carbons (Fsp3) is 0.444. The van der Waals surface area contributed by atoms with Crippen LogP contribution in [0.25, 0.3) is 10.9 Å². The van der Waals surface area contributed by atoms with Gasteiger partial charge in [-0.15, -0.1) is 0 Å². The van der Waals surface area contributed by atoms with Crippen LogP contribution in [0.5, 0.6) is 0 Å². The van der Waals surface area contributed by atoms with Gasteiger partial charge in [0.05, 0.1) is 38.3 Å². The molecule has 1 aromatic carbocycles. The molecule has 1 amide bonds. The number of para-hydroxylation sites is 1. The highest BCUT2D eigenvalue weighted by atomic mass is 16.2. The Morgan fingerprint density at radius 1 is 1.17 bits per heavy atom. The second kappa shape index (κ2) is 6.16. The molecular formula is C18H24N3O2+. The van der Waals surface area contributed by atoms with Crippen LogP contribution in [-0.2, 0) is 11.8 Å². The minimum atomic E-state index is -0.376. The maximum Gasteiger partial charge on any atom is 0.295 e. The van der Waals surface area contributed by atoms with E-state index in [1.165, 1.54) is 4.90 Å². The van der Waals surface area contributed by atoms with Gasteiger partial charge >= 0.3 is 0 Å². The van der Waals surface area contributed by atoms with Gasteiger partial charge in [0.2, 0.25) is 0 Å². The van der Waals surface area contributed by atoms with E-state index < -0.39 is 0 Å². The van der Waals surface area contributed by atoms with Gasteiger partial charge in [-0.25, -0.2) is 0 Å². The van der Waals surface area contributed by atoms with Crippen LogP contribution in [0.1, 0.15) is 23.0 Å². The van der Waals surface area contributed by atoms with E-state index in [0.717, 1.165) is 36.2 Å². The molecule has 0 radical (unpaired) electrons. The Hall–Kier alpha value is -2.14. The van der Waals surface area contributed by atoms with Crippen LogP contribution in [0, 0.1) is 6.92 Å². The first-order chi connectivity index (χ1) is 11.0. The molecule has 1 fully saturated rings. The lowest BCUT2D eigenvalue weighted by molar-refractivity contribution is -0.902. The highest BCUT2D eigenvalue weighted by molar-refractivity contribution is 6.45. The van der Waals surface area contributed by atoms with Crippen LogP contribution in [0.2, 0.25) is 0 Å². The molecule has 23 heavy (non-hydrogen) atoms. The van der Waals surface area contributed by atoms with E-state index in [-0.39, 0.29) is 11.7 Å². The van der Waals surface area contributed by atoms with Gasteiger partial charge in [-0.3, -0.25) is 9.59 Å². The van der Waals surface area contributed by atoms with E-state index >= 15 is 0 Å². The number of hydrogen-bond acceptors (Lipinski definition) is 2. The van der Waals surface area contributed by atoms with Crippen molar-refractivity contribution >= 4 is 22.6 Å². The normalized spacial score (nSPS) is 16.0. The van der Waals surface area contributed by atoms with Crippen molar-refractivity contribution in [1.82, 2.24) is 9.47 Å². The quantitative estimate of drug-likeness (QED) is 0.659. The largest absolute Gasteiger partial charge is 0.347 e. The average Bonchev–Trinajstić information content (AvgIpc) is 2.85. The summed E-state index contributed by atoms with van der Waals surface area (Å²) in [5.41, 5.74) is 2.39. The lowest BCUT2D eigenvalue weighted by atomic mass is 10.1. The van der Waals surface area contributed by atoms with Gasteiger partial charge in [0.25, 0.3) is 11.7 Å². The van der Waals surface area contributed by atoms with Gasteiger partial charge in [0, 0.05) is 23.6 Å². The molecule has 0 bridgehead atoms. The second-order valence-corrected chi connectivity index (χ2v) is 6.26. The lowest BCUT2D eigenvalue weighted by Gasteiger charge is -2.31. The van der Waals surface area contributed by atoms with Crippen molar-refractivity contribution in [2.45, 2.75) is 13.8 Å². The van der Waals surface area contributed by atoms with Crippen molar-refractivity contribution < 1.29 is 14.5 Å². The number of piperazine rings is 1. The van der Waals surface area contributed by atoms with Crippen LogP contribution < -0.4 is 4.90 Å². The van der Waals surface area contributed by atoms with E-state index in [1.54, 1.807) is 4.90 Å². The Morgan fingerprint density at radius 3 is 2.48 bits per heavy atom. The molecule has 5 nitrogen and oxygen atoms in total. The third-order valence-electron chi connectivity index (χ3n) is 5.08. The minimum absolute atomic E-state index is 0.361. The monoisotopic (exact) mass is 314 g/mol. The summed E-state index contributed by atoms with van der Waals surface area (Å²) in [4.78, 5) is 28.7. The van der Waals surface area contributed by atoms with Gasteiger partial charge in [0.1, 0.15) is 0 Å². The molecule has 2 aromatic rings. The van der Waals surface area contributed by atoms with Crippen molar-refractivity contribution in [3.8, 4) is 0 Å². The summed E-state index contributed by atoms with van der Waals surface area (Å²) in [5.74, 6) is -0.737. The topological polar surface area (TPSA) is 46.8 Å². The van der Waals surface area contributed by atoms with E-state index in [4.69, 9.17) is 0 Å². The highest BCUT2D eigenvalue weighted by Gasteiger charge is 2.30. The Kier molecular flexibility index (Phi) is 4.22. The number of benzene rings is 1. The molecule has 1 saturated heterocycles. The molecule has 1 aromatic heterocycles. The Morgan fingerprint density at radius 2 is 1.83 bits per heavy atom. The number of carbonyl (C=O) groups is 2. The third kappa shape index (κ3) is 2.65. The number of nitrogens with one attached hydrogen (secondary N) is 1. The summed E-state index contributed by atoms with van der Waals surface area (Å²) >= 11 is 0. The van der Waals surface area contributed by atoms with E-state index in [1.807, 2.05) is 42.8 Å². The predicted octanol–water partition coefficient (Wildman–Crippen LogP) is 0.416. The summed E-state index contributed by atoms with van der Waals surface area (Å²) < 4.78 is 1.98. The van der Waals surface area contributed by atoms with Crippen LogP contribution in [-0.4, -0.2) is 53.9 Å². The number of aryl methyl sites for hydroxylation is 1. The molecule has 0 atom stereocenters. The first kappa shape index (κ1) is 15.7. The number of nitrogens with zero attached hydrogens (tertiary/aromatic N) is 2. The molecule has 0 saturated carbocycles. The molecule has 0 spiro atoms. The number of ketones is 1. The molecule has 1 aliphatic rings. The summed E-state index contributed by atoms with van der Waals surface area (Å²) in [6.45, 7) is 8.29. The molecule has 0 unspecified atom stereocenters. The fourth-order valence-corrected chi connectivity index (χ4v) is 3.44. The standard InChI is InChI=1S/C18H23N3O2/c1-4-20-9-11-21(12-10-20)18(23)17(22)16-13(2)19(3)15-8-6-5-7-14(15)16/h5-8H,4,9-12H2,1-3H3/p+1. The maximum absolute atomic E-state index is 12.8. The number of aromatic nitrogens is 1. The van der Waals surface area contributed by atoms with Gasteiger partial charge in [-0.05, 0) is 19.9 Å². The number of Topliss-reactive ketones (excluding diaryl/α,β-unsaturated/α-hetero) is 1. The van der Waals surface area contributed by atoms with Crippen LogP contribution in [0.15, 0.2) is 24.3 Å². The van der Waals surface area contributed by atoms with E-state index in [9.17, 15) is 9.59 Å². The van der Waals surface area contributed by atoms with Gasteiger partial charge < -0.3 is 14.4 Å². The van der Waals surface area contributed by atoms with Crippen molar-refractivity contribution in [1.29, 1.82) is 0 Å². The Labute approximate surface area is 136 Å². The van der Waals surface area contributed by atoms with Crippen molar-refractivity contribution in [2.75, 3.05) is 32.7 Å². The fourth-order valence-electron chi connectivity index (χ4n) is 3.44. The maximum atomic E-state index is 12.8. The molecule has 0 aliphatic carbocycles. The summed E-state index contributed by atoms with van der Waals surface area (Å²) in [7, 11) is 1.93. The number of likely N-dealkylation sites (N-methyl/N-ethyl adjacent to an activating group) is 1. The molecule has 1 N–H and O–H groups in total.